The molecule has 2 aromatic carbocycles. The third kappa shape index (κ3) is 6.23. The van der Waals surface area contributed by atoms with Gasteiger partial charge in [-0.25, -0.2) is 15.0 Å². The predicted octanol–water partition coefficient (Wildman–Crippen LogP) is 5.06. The summed E-state index contributed by atoms with van der Waals surface area (Å²) in [6.07, 6.45) is 0.293. The Kier molecular flexibility index (Phi) is 7.07. The minimum absolute atomic E-state index is 0.0214. The van der Waals surface area contributed by atoms with E-state index in [0.717, 1.165) is 38.4 Å². The third-order valence-electron chi connectivity index (χ3n) is 4.50. The average Bonchev–Trinajstić information content (AvgIpc) is 3.24. The zero-order chi connectivity index (χ0) is 21.5. The van der Waals surface area contributed by atoms with Crippen LogP contribution in [0, 0.1) is 6.92 Å². The van der Waals surface area contributed by atoms with Crippen LogP contribution >= 0.6 is 23.1 Å². The van der Waals surface area contributed by atoms with Gasteiger partial charge in [-0.15, -0.1) is 11.3 Å². The van der Waals surface area contributed by atoms with Gasteiger partial charge in [-0.05, 0) is 18.6 Å². The van der Waals surface area contributed by atoms with Crippen molar-refractivity contribution in [3.8, 4) is 11.3 Å². The molecule has 156 valence electrons. The van der Waals surface area contributed by atoms with Crippen molar-refractivity contribution >= 4 is 29.0 Å². The van der Waals surface area contributed by atoms with Gasteiger partial charge in [-0.1, -0.05) is 72.4 Å². The maximum atomic E-state index is 12.2. The Morgan fingerprint density at radius 1 is 1.00 bits per heavy atom. The van der Waals surface area contributed by atoms with E-state index in [1.165, 1.54) is 11.3 Å². The molecule has 2 heterocycles. The highest BCUT2D eigenvalue weighted by atomic mass is 32.2. The first-order chi connectivity index (χ1) is 15.2. The van der Waals surface area contributed by atoms with E-state index in [1.54, 1.807) is 11.8 Å². The first kappa shape index (κ1) is 21.2. The number of thiazole rings is 1. The number of carbonyl (C=O) groups excluding carboxylic acids is 1. The zero-order valence-corrected chi connectivity index (χ0v) is 18.7. The van der Waals surface area contributed by atoms with E-state index >= 15 is 0 Å². The van der Waals surface area contributed by atoms with Crippen LogP contribution in [0.3, 0.4) is 0 Å². The van der Waals surface area contributed by atoms with Crippen LogP contribution in [0.2, 0.25) is 0 Å². The minimum atomic E-state index is -0.0214. The SMILES string of the molecule is Cc1cc(-c2ccccc2)nc(SCc2csc(CC(=O)NCc3ccccc3)n2)n1. The Morgan fingerprint density at radius 3 is 2.52 bits per heavy atom. The van der Waals surface area contributed by atoms with E-state index < -0.39 is 0 Å². The van der Waals surface area contributed by atoms with Gasteiger partial charge in [0.1, 0.15) is 5.01 Å². The molecule has 0 radical (unpaired) electrons. The molecular weight excluding hydrogens is 424 g/mol. The number of amides is 1. The molecule has 0 bridgehead atoms. The Morgan fingerprint density at radius 2 is 1.74 bits per heavy atom. The molecule has 7 heteroatoms. The molecule has 0 aliphatic carbocycles. The molecule has 2 aromatic heterocycles. The summed E-state index contributed by atoms with van der Waals surface area (Å²) in [5.74, 6) is 0.645. The molecule has 0 aliphatic rings. The largest absolute Gasteiger partial charge is 0.352 e. The molecule has 0 saturated carbocycles. The Hall–Kier alpha value is -3.03. The van der Waals surface area contributed by atoms with Crippen LogP contribution in [-0.2, 0) is 23.5 Å². The standard InChI is InChI=1S/C24H22N4OS2/c1-17-12-21(19-10-6-3-7-11-19)28-24(26-17)31-16-20-15-30-23(27-20)13-22(29)25-14-18-8-4-2-5-9-18/h2-12,15H,13-14,16H2,1H3,(H,25,29). The van der Waals surface area contributed by atoms with Crippen molar-refractivity contribution in [2.75, 3.05) is 0 Å². The van der Waals surface area contributed by atoms with Gasteiger partial charge < -0.3 is 5.32 Å². The summed E-state index contributed by atoms with van der Waals surface area (Å²) in [4.78, 5) is 26.1. The van der Waals surface area contributed by atoms with Gasteiger partial charge in [-0.2, -0.15) is 0 Å². The van der Waals surface area contributed by atoms with Crippen molar-refractivity contribution in [1.29, 1.82) is 0 Å². The van der Waals surface area contributed by atoms with Crippen LogP contribution in [0.4, 0.5) is 0 Å². The van der Waals surface area contributed by atoms with Gasteiger partial charge in [0.15, 0.2) is 5.16 Å². The maximum absolute atomic E-state index is 12.2. The maximum Gasteiger partial charge on any atom is 0.227 e. The van der Waals surface area contributed by atoms with Crippen molar-refractivity contribution in [2.45, 2.75) is 30.8 Å². The van der Waals surface area contributed by atoms with E-state index in [2.05, 4.69) is 15.3 Å². The van der Waals surface area contributed by atoms with Gasteiger partial charge in [0.25, 0.3) is 0 Å². The van der Waals surface area contributed by atoms with E-state index in [4.69, 9.17) is 4.98 Å². The number of rotatable bonds is 8. The summed E-state index contributed by atoms with van der Waals surface area (Å²) in [7, 11) is 0. The molecule has 0 atom stereocenters. The lowest BCUT2D eigenvalue weighted by Crippen LogP contribution is -2.24. The summed E-state index contributed by atoms with van der Waals surface area (Å²) >= 11 is 3.07. The van der Waals surface area contributed by atoms with Crippen LogP contribution < -0.4 is 5.32 Å². The molecule has 0 saturated heterocycles. The number of thioether (sulfide) groups is 1. The Labute approximate surface area is 190 Å². The fourth-order valence-electron chi connectivity index (χ4n) is 2.99. The first-order valence-corrected chi connectivity index (χ1v) is 11.8. The average molecular weight is 447 g/mol. The number of aromatic nitrogens is 3. The third-order valence-corrected chi connectivity index (χ3v) is 6.27. The van der Waals surface area contributed by atoms with Crippen molar-refractivity contribution in [3.05, 3.63) is 94.1 Å². The number of aryl methyl sites for hydroxylation is 1. The van der Waals surface area contributed by atoms with Crippen LogP contribution in [0.1, 0.15) is 22.0 Å². The Balaban J connectivity index is 1.32. The highest BCUT2D eigenvalue weighted by Crippen LogP contribution is 2.24. The molecule has 4 aromatic rings. The van der Waals surface area contributed by atoms with Crippen molar-refractivity contribution in [1.82, 2.24) is 20.3 Å². The van der Waals surface area contributed by atoms with E-state index in [9.17, 15) is 4.79 Å². The van der Waals surface area contributed by atoms with Crippen LogP contribution in [-0.4, -0.2) is 20.9 Å². The second-order valence-corrected chi connectivity index (χ2v) is 8.89. The van der Waals surface area contributed by atoms with Gasteiger partial charge >= 0.3 is 0 Å². The van der Waals surface area contributed by atoms with Gasteiger partial charge in [0.05, 0.1) is 17.8 Å². The number of hydrogen-bond acceptors (Lipinski definition) is 6. The quantitative estimate of drug-likeness (QED) is 0.303. The lowest BCUT2D eigenvalue weighted by molar-refractivity contribution is -0.120. The number of benzene rings is 2. The van der Waals surface area contributed by atoms with E-state index in [0.29, 0.717) is 18.7 Å². The molecule has 0 fully saturated rings. The number of nitrogens with zero attached hydrogens (tertiary/aromatic N) is 3. The van der Waals surface area contributed by atoms with Gasteiger partial charge in [0.2, 0.25) is 5.91 Å². The second-order valence-electron chi connectivity index (χ2n) is 7.00. The summed E-state index contributed by atoms with van der Waals surface area (Å²) in [5, 5.41) is 6.49. The van der Waals surface area contributed by atoms with E-state index in [1.807, 2.05) is 79.0 Å². The van der Waals surface area contributed by atoms with Crippen LogP contribution in [0.25, 0.3) is 11.3 Å². The number of carbonyl (C=O) groups is 1. The summed E-state index contributed by atoms with van der Waals surface area (Å²) in [6.45, 7) is 2.51. The Bertz CT molecular complexity index is 1150. The smallest absolute Gasteiger partial charge is 0.227 e. The number of nitrogens with one attached hydrogen (secondary N) is 1. The fraction of sp³-hybridized carbons (Fsp3) is 0.167. The summed E-state index contributed by atoms with van der Waals surface area (Å²) in [6, 6.07) is 22.0. The van der Waals surface area contributed by atoms with Gasteiger partial charge in [-0.3, -0.25) is 4.79 Å². The molecule has 5 nitrogen and oxygen atoms in total. The summed E-state index contributed by atoms with van der Waals surface area (Å²) < 4.78 is 0. The molecule has 1 amide bonds. The lowest BCUT2D eigenvalue weighted by atomic mass is 10.1. The normalized spacial score (nSPS) is 10.7. The van der Waals surface area contributed by atoms with Crippen molar-refractivity contribution in [2.24, 2.45) is 0 Å². The van der Waals surface area contributed by atoms with Gasteiger partial charge in [0, 0.05) is 28.9 Å². The summed E-state index contributed by atoms with van der Waals surface area (Å²) in [5.41, 5.74) is 4.95. The molecular formula is C24H22N4OS2. The highest BCUT2D eigenvalue weighted by Gasteiger charge is 2.10. The second kappa shape index (κ2) is 10.3. The highest BCUT2D eigenvalue weighted by molar-refractivity contribution is 7.98. The molecule has 0 spiro atoms. The zero-order valence-electron chi connectivity index (χ0n) is 17.1. The lowest BCUT2D eigenvalue weighted by Gasteiger charge is -2.05. The molecule has 4 rings (SSSR count). The van der Waals surface area contributed by atoms with E-state index in [-0.39, 0.29) is 5.91 Å². The number of hydrogen-bond donors (Lipinski definition) is 1. The fourth-order valence-corrected chi connectivity index (χ4v) is 4.69. The van der Waals surface area contributed by atoms with Crippen molar-refractivity contribution in [3.63, 3.8) is 0 Å². The topological polar surface area (TPSA) is 67.8 Å². The molecule has 31 heavy (non-hydrogen) atoms. The molecule has 0 unspecified atom stereocenters. The van der Waals surface area contributed by atoms with Crippen LogP contribution in [0.5, 0.6) is 0 Å². The monoisotopic (exact) mass is 446 g/mol. The molecule has 0 aliphatic heterocycles. The van der Waals surface area contributed by atoms with Crippen LogP contribution in [0.15, 0.2) is 77.3 Å². The first-order valence-electron chi connectivity index (χ1n) is 9.93. The predicted molar refractivity (Wildman–Crippen MR) is 126 cm³/mol. The van der Waals surface area contributed by atoms with Crippen molar-refractivity contribution < 1.29 is 4.79 Å². The molecule has 1 N–H and O–H groups in total. The minimum Gasteiger partial charge on any atom is -0.352 e.